The highest BCUT2D eigenvalue weighted by atomic mass is 79.9. The zero-order valence-corrected chi connectivity index (χ0v) is 13.4. The summed E-state index contributed by atoms with van der Waals surface area (Å²) >= 11 is 4.79. The van der Waals surface area contributed by atoms with E-state index >= 15 is 0 Å². The Balaban J connectivity index is 1.89. The Labute approximate surface area is 137 Å². The maximum absolute atomic E-state index is 9.48. The molecule has 0 radical (unpaired) electrons. The zero-order valence-electron chi connectivity index (χ0n) is 11.0. The molecule has 0 amide bonds. The van der Waals surface area contributed by atoms with Crippen LogP contribution in [0.5, 0.6) is 0 Å². The second kappa shape index (κ2) is 5.09. The van der Waals surface area contributed by atoms with E-state index in [1.54, 1.807) is 16.8 Å². The molecule has 0 N–H and O–H groups in total. The molecule has 1 aromatic carbocycles. The van der Waals surface area contributed by atoms with Crippen LogP contribution in [0.4, 0.5) is 0 Å². The smallest absolute Gasteiger partial charge is 0.214 e. The van der Waals surface area contributed by atoms with E-state index in [0.29, 0.717) is 27.1 Å². The number of nitrogens with zero attached hydrogens (tertiary/aromatic N) is 4. The first-order chi connectivity index (χ1) is 10.8. The molecule has 0 spiro atoms. The second-order valence-corrected chi connectivity index (χ2v) is 6.38. The molecule has 0 saturated carbocycles. The van der Waals surface area contributed by atoms with E-state index in [0.717, 1.165) is 10.0 Å². The van der Waals surface area contributed by atoms with Crippen molar-refractivity contribution in [2.24, 2.45) is 0 Å². The normalized spacial score (nSPS) is 10.9. The highest BCUT2D eigenvalue weighted by molar-refractivity contribution is 9.10. The Morgan fingerprint density at radius 3 is 2.73 bits per heavy atom. The lowest BCUT2D eigenvalue weighted by Crippen LogP contribution is -1.90. The largest absolute Gasteiger partial charge is 0.462 e. The summed E-state index contributed by atoms with van der Waals surface area (Å²) in [5.74, 6) is 0.671. The van der Waals surface area contributed by atoms with Crippen molar-refractivity contribution in [3.8, 4) is 28.1 Å². The Morgan fingerprint density at radius 2 is 2.05 bits per heavy atom. The summed E-state index contributed by atoms with van der Waals surface area (Å²) in [5, 5.41) is 14.6. The van der Waals surface area contributed by atoms with Crippen LogP contribution in [0.25, 0.3) is 27.0 Å². The van der Waals surface area contributed by atoms with E-state index in [1.807, 2.05) is 30.3 Å². The van der Waals surface area contributed by atoms with Gasteiger partial charge in [0.05, 0.1) is 6.26 Å². The molecule has 0 aliphatic heterocycles. The fourth-order valence-electron chi connectivity index (χ4n) is 2.16. The number of imidazole rings is 1. The molecule has 4 rings (SSSR count). The number of aromatic nitrogens is 3. The average molecular weight is 371 g/mol. The summed E-state index contributed by atoms with van der Waals surface area (Å²) in [7, 11) is 0. The number of halogens is 1. The predicted octanol–water partition coefficient (Wildman–Crippen LogP) is 4.35. The molecule has 106 valence electrons. The van der Waals surface area contributed by atoms with Crippen molar-refractivity contribution in [3.63, 3.8) is 0 Å². The van der Waals surface area contributed by atoms with Gasteiger partial charge in [-0.1, -0.05) is 39.4 Å². The summed E-state index contributed by atoms with van der Waals surface area (Å²) in [5.41, 5.74) is 1.95. The summed E-state index contributed by atoms with van der Waals surface area (Å²) < 4.78 is 7.89. The van der Waals surface area contributed by atoms with Crippen LogP contribution < -0.4 is 0 Å². The van der Waals surface area contributed by atoms with E-state index in [-0.39, 0.29) is 0 Å². The highest BCUT2D eigenvalue weighted by Gasteiger charge is 2.19. The molecule has 0 atom stereocenters. The molecule has 0 aliphatic carbocycles. The van der Waals surface area contributed by atoms with E-state index in [1.165, 1.54) is 11.3 Å². The summed E-state index contributed by atoms with van der Waals surface area (Å²) in [6, 6.07) is 13.5. The van der Waals surface area contributed by atoms with Crippen LogP contribution in [-0.2, 0) is 0 Å². The lowest BCUT2D eigenvalue weighted by Gasteiger charge is -1.97. The Morgan fingerprint density at radius 1 is 1.23 bits per heavy atom. The van der Waals surface area contributed by atoms with Gasteiger partial charge >= 0.3 is 0 Å². The third-order valence-electron chi connectivity index (χ3n) is 3.16. The van der Waals surface area contributed by atoms with Gasteiger partial charge in [-0.05, 0) is 24.3 Å². The summed E-state index contributed by atoms with van der Waals surface area (Å²) in [4.78, 5) is 5.22. The maximum atomic E-state index is 9.48. The number of hydrogen-bond donors (Lipinski definition) is 0. The van der Waals surface area contributed by atoms with Gasteiger partial charge in [0.2, 0.25) is 4.96 Å². The van der Waals surface area contributed by atoms with Crippen molar-refractivity contribution in [1.29, 1.82) is 5.26 Å². The summed E-state index contributed by atoms with van der Waals surface area (Å²) in [6.07, 6.45) is 1.60. The third kappa shape index (κ3) is 2.04. The minimum atomic E-state index is 0.423. The van der Waals surface area contributed by atoms with Gasteiger partial charge < -0.3 is 4.42 Å². The zero-order chi connectivity index (χ0) is 15.1. The van der Waals surface area contributed by atoms with E-state index in [9.17, 15) is 5.26 Å². The van der Waals surface area contributed by atoms with Crippen molar-refractivity contribution in [2.75, 3.05) is 0 Å². The average Bonchev–Trinajstić information content (AvgIpc) is 3.22. The van der Waals surface area contributed by atoms with Crippen molar-refractivity contribution >= 4 is 32.2 Å². The first-order valence-corrected chi connectivity index (χ1v) is 7.96. The number of hydrogen-bond acceptors (Lipinski definition) is 5. The van der Waals surface area contributed by atoms with Gasteiger partial charge in [-0.15, -0.1) is 5.10 Å². The van der Waals surface area contributed by atoms with Crippen LogP contribution in [0, 0.1) is 11.3 Å². The molecule has 3 aromatic heterocycles. The van der Waals surface area contributed by atoms with Gasteiger partial charge in [-0.2, -0.15) is 9.78 Å². The molecule has 0 bridgehead atoms. The standard InChI is InChI=1S/C15H7BrN4OS/c16-10-5-3-9(4-6-10)13-11(8-17)20-15(18-13)22-14(19-20)12-2-1-7-21-12/h1-7H. The van der Waals surface area contributed by atoms with Crippen molar-refractivity contribution in [1.82, 2.24) is 14.6 Å². The fraction of sp³-hybridized carbons (Fsp3) is 0. The van der Waals surface area contributed by atoms with Crippen molar-refractivity contribution in [2.45, 2.75) is 0 Å². The molecule has 0 saturated heterocycles. The molecule has 0 unspecified atom stereocenters. The summed E-state index contributed by atoms with van der Waals surface area (Å²) in [6.45, 7) is 0. The van der Waals surface area contributed by atoms with E-state index in [4.69, 9.17) is 4.42 Å². The van der Waals surface area contributed by atoms with Gasteiger partial charge in [0.15, 0.2) is 16.5 Å². The van der Waals surface area contributed by atoms with Crippen LogP contribution >= 0.6 is 27.3 Å². The van der Waals surface area contributed by atoms with Crippen LogP contribution in [0.2, 0.25) is 0 Å². The van der Waals surface area contributed by atoms with Gasteiger partial charge in [-0.3, -0.25) is 0 Å². The lowest BCUT2D eigenvalue weighted by molar-refractivity contribution is 0.580. The first kappa shape index (κ1) is 13.2. The van der Waals surface area contributed by atoms with Crippen molar-refractivity contribution < 1.29 is 4.42 Å². The molecule has 0 aliphatic rings. The maximum Gasteiger partial charge on any atom is 0.214 e. The molecule has 4 aromatic rings. The Bertz CT molecular complexity index is 993. The Hall–Kier alpha value is -2.43. The van der Waals surface area contributed by atoms with Crippen LogP contribution in [0.1, 0.15) is 5.69 Å². The molecule has 5 nitrogen and oxygen atoms in total. The molecule has 0 fully saturated rings. The fourth-order valence-corrected chi connectivity index (χ4v) is 3.29. The minimum Gasteiger partial charge on any atom is -0.462 e. The number of benzene rings is 1. The monoisotopic (exact) mass is 370 g/mol. The van der Waals surface area contributed by atoms with Crippen LogP contribution in [-0.4, -0.2) is 14.6 Å². The molecule has 7 heteroatoms. The number of rotatable bonds is 2. The topological polar surface area (TPSA) is 67.1 Å². The minimum absolute atomic E-state index is 0.423. The molecule has 3 heterocycles. The lowest BCUT2D eigenvalue weighted by atomic mass is 10.1. The number of nitriles is 1. The van der Waals surface area contributed by atoms with Gasteiger partial charge in [0, 0.05) is 10.0 Å². The molecule has 22 heavy (non-hydrogen) atoms. The van der Waals surface area contributed by atoms with E-state index < -0.39 is 0 Å². The number of fused-ring (bicyclic) bond motifs is 1. The van der Waals surface area contributed by atoms with Crippen LogP contribution in [0.3, 0.4) is 0 Å². The van der Waals surface area contributed by atoms with Gasteiger partial charge in [0.25, 0.3) is 0 Å². The SMILES string of the molecule is N#Cc1c(-c2ccc(Br)cc2)nc2sc(-c3ccco3)nn12. The third-order valence-corrected chi connectivity index (χ3v) is 4.61. The quantitative estimate of drug-likeness (QED) is 0.525. The second-order valence-electron chi connectivity index (χ2n) is 4.51. The first-order valence-electron chi connectivity index (χ1n) is 6.36. The van der Waals surface area contributed by atoms with Gasteiger partial charge in [-0.25, -0.2) is 4.98 Å². The van der Waals surface area contributed by atoms with Crippen molar-refractivity contribution in [3.05, 3.63) is 52.8 Å². The highest BCUT2D eigenvalue weighted by Crippen LogP contribution is 2.31. The molecular weight excluding hydrogens is 364 g/mol. The molecular formula is C15H7BrN4OS. The van der Waals surface area contributed by atoms with E-state index in [2.05, 4.69) is 32.1 Å². The predicted molar refractivity (Wildman–Crippen MR) is 86.4 cm³/mol. The van der Waals surface area contributed by atoms with Gasteiger partial charge in [0.1, 0.15) is 11.8 Å². The Kier molecular flexibility index (Phi) is 3.06. The number of furan rings is 1. The van der Waals surface area contributed by atoms with Crippen LogP contribution in [0.15, 0.2) is 51.6 Å².